The Labute approximate surface area is 114 Å². The number of carboxylic acids is 1. The first-order chi connectivity index (χ1) is 9.70. The lowest BCUT2D eigenvalue weighted by Crippen LogP contribution is -2.06. The summed E-state index contributed by atoms with van der Waals surface area (Å²) in [6, 6.07) is 12.5. The molecule has 0 aliphatic carbocycles. The molecule has 0 aliphatic heterocycles. The summed E-state index contributed by atoms with van der Waals surface area (Å²) in [6.45, 7) is 0. The molecule has 2 aromatic heterocycles. The Kier molecular flexibility index (Phi) is 2.83. The molecule has 0 saturated carbocycles. The predicted octanol–water partition coefficient (Wildman–Crippen LogP) is 2.10. The minimum absolute atomic E-state index is 0.0186. The number of aromatic nitrogens is 3. The highest BCUT2D eigenvalue weighted by molar-refractivity contribution is 5.94. The number of hydrogen-bond acceptors (Lipinski definition) is 4. The lowest BCUT2D eigenvalue weighted by Gasteiger charge is -2.01. The minimum atomic E-state index is -1.09. The van der Waals surface area contributed by atoms with Gasteiger partial charge in [0, 0.05) is 11.6 Å². The van der Waals surface area contributed by atoms with Gasteiger partial charge < -0.3 is 9.84 Å². The van der Waals surface area contributed by atoms with Gasteiger partial charge in [-0.05, 0) is 6.07 Å². The molecule has 3 aromatic rings. The lowest BCUT2D eigenvalue weighted by atomic mass is 10.1. The Hall–Kier alpha value is -2.89. The molecule has 1 aromatic carbocycles. The van der Waals surface area contributed by atoms with Crippen molar-refractivity contribution in [2.45, 2.75) is 0 Å². The van der Waals surface area contributed by atoms with Crippen molar-refractivity contribution in [1.29, 1.82) is 0 Å². The van der Waals surface area contributed by atoms with Crippen molar-refractivity contribution >= 4 is 11.6 Å². The van der Waals surface area contributed by atoms with Crippen LogP contribution in [0.1, 0.15) is 10.5 Å². The van der Waals surface area contributed by atoms with Crippen LogP contribution in [0, 0.1) is 0 Å². The smallest absolute Gasteiger partial charge is 0.356 e. The number of aromatic carboxylic acids is 1. The molecule has 0 bridgehead atoms. The number of methoxy groups -OCH3 is 1. The fraction of sp³-hybridized carbons (Fsp3) is 0.0714. The number of carboxylic acid groups (broad SMARTS) is 1. The SMILES string of the molecule is COc1ccc2nc(-c3ccccc3)c(C(=O)O)n2n1. The van der Waals surface area contributed by atoms with E-state index in [4.69, 9.17) is 4.74 Å². The van der Waals surface area contributed by atoms with Crippen LogP contribution in [0.15, 0.2) is 42.5 Å². The normalized spacial score (nSPS) is 10.7. The maximum absolute atomic E-state index is 11.5. The average molecular weight is 269 g/mol. The molecule has 0 fully saturated rings. The van der Waals surface area contributed by atoms with Crippen LogP contribution in [0.2, 0.25) is 0 Å². The quantitative estimate of drug-likeness (QED) is 0.788. The molecule has 6 heteroatoms. The molecular formula is C14H11N3O3. The number of fused-ring (bicyclic) bond motifs is 1. The van der Waals surface area contributed by atoms with E-state index in [0.717, 1.165) is 5.56 Å². The Balaban J connectivity index is 2.32. The molecule has 6 nitrogen and oxygen atoms in total. The molecule has 0 radical (unpaired) electrons. The number of ether oxygens (including phenoxy) is 1. The Morgan fingerprint density at radius 3 is 2.60 bits per heavy atom. The maximum Gasteiger partial charge on any atom is 0.356 e. The average Bonchev–Trinajstić information content (AvgIpc) is 2.86. The summed E-state index contributed by atoms with van der Waals surface area (Å²) in [5.41, 5.74) is 1.60. The third kappa shape index (κ3) is 1.87. The first kappa shape index (κ1) is 12.2. The van der Waals surface area contributed by atoms with E-state index in [-0.39, 0.29) is 5.69 Å². The maximum atomic E-state index is 11.5. The second kappa shape index (κ2) is 4.65. The standard InChI is InChI=1S/C14H11N3O3/c1-20-11-8-7-10-15-12(9-5-3-2-4-6-9)13(14(18)19)17(10)16-11/h2-8H,1H3,(H,18,19). The van der Waals surface area contributed by atoms with E-state index in [1.54, 1.807) is 12.1 Å². The number of benzene rings is 1. The van der Waals surface area contributed by atoms with Gasteiger partial charge >= 0.3 is 5.97 Å². The topological polar surface area (TPSA) is 76.7 Å². The minimum Gasteiger partial charge on any atom is -0.480 e. The monoisotopic (exact) mass is 269 g/mol. The predicted molar refractivity (Wildman–Crippen MR) is 71.9 cm³/mol. The molecule has 0 saturated heterocycles. The Morgan fingerprint density at radius 1 is 1.20 bits per heavy atom. The van der Waals surface area contributed by atoms with E-state index in [1.807, 2.05) is 30.3 Å². The Bertz CT molecular complexity index is 781. The lowest BCUT2D eigenvalue weighted by molar-refractivity contribution is 0.0688. The van der Waals surface area contributed by atoms with Crippen molar-refractivity contribution in [3.63, 3.8) is 0 Å². The van der Waals surface area contributed by atoms with Gasteiger partial charge in [-0.2, -0.15) is 0 Å². The molecular weight excluding hydrogens is 258 g/mol. The van der Waals surface area contributed by atoms with E-state index < -0.39 is 5.97 Å². The van der Waals surface area contributed by atoms with Crippen LogP contribution in [0.4, 0.5) is 0 Å². The number of rotatable bonds is 3. The zero-order chi connectivity index (χ0) is 14.1. The number of hydrogen-bond donors (Lipinski definition) is 1. The summed E-state index contributed by atoms with van der Waals surface area (Å²) in [4.78, 5) is 15.9. The molecule has 0 spiro atoms. The molecule has 1 N–H and O–H groups in total. The van der Waals surface area contributed by atoms with Crippen molar-refractivity contribution in [1.82, 2.24) is 14.6 Å². The van der Waals surface area contributed by atoms with E-state index in [9.17, 15) is 9.90 Å². The van der Waals surface area contributed by atoms with Crippen molar-refractivity contribution < 1.29 is 14.6 Å². The van der Waals surface area contributed by atoms with Crippen LogP contribution in [-0.4, -0.2) is 32.8 Å². The fourth-order valence-corrected chi connectivity index (χ4v) is 2.01. The van der Waals surface area contributed by atoms with Gasteiger partial charge in [-0.3, -0.25) is 0 Å². The van der Waals surface area contributed by atoms with Crippen LogP contribution in [0.3, 0.4) is 0 Å². The van der Waals surface area contributed by atoms with Crippen molar-refractivity contribution in [2.75, 3.05) is 7.11 Å². The van der Waals surface area contributed by atoms with E-state index in [2.05, 4.69) is 10.1 Å². The van der Waals surface area contributed by atoms with Crippen LogP contribution in [-0.2, 0) is 0 Å². The third-order valence-electron chi connectivity index (χ3n) is 2.91. The molecule has 20 heavy (non-hydrogen) atoms. The van der Waals surface area contributed by atoms with E-state index >= 15 is 0 Å². The number of nitrogens with zero attached hydrogens (tertiary/aromatic N) is 3. The van der Waals surface area contributed by atoms with Gasteiger partial charge in [0.2, 0.25) is 5.88 Å². The summed E-state index contributed by atoms with van der Waals surface area (Å²) in [5.74, 6) is -0.755. The fourth-order valence-electron chi connectivity index (χ4n) is 2.01. The van der Waals surface area contributed by atoms with Crippen molar-refractivity contribution in [3.05, 3.63) is 48.2 Å². The first-order valence-electron chi connectivity index (χ1n) is 5.93. The summed E-state index contributed by atoms with van der Waals surface area (Å²) in [6.07, 6.45) is 0. The summed E-state index contributed by atoms with van der Waals surface area (Å²) >= 11 is 0. The van der Waals surface area contributed by atoms with E-state index in [0.29, 0.717) is 17.2 Å². The molecule has 0 aliphatic rings. The molecule has 0 amide bonds. The van der Waals surface area contributed by atoms with Crippen LogP contribution >= 0.6 is 0 Å². The van der Waals surface area contributed by atoms with Gasteiger partial charge in [-0.1, -0.05) is 30.3 Å². The highest BCUT2D eigenvalue weighted by Gasteiger charge is 2.21. The van der Waals surface area contributed by atoms with Crippen molar-refractivity contribution in [3.8, 4) is 17.1 Å². The third-order valence-corrected chi connectivity index (χ3v) is 2.91. The van der Waals surface area contributed by atoms with Crippen LogP contribution in [0.25, 0.3) is 16.9 Å². The highest BCUT2D eigenvalue weighted by Crippen LogP contribution is 2.24. The molecule has 0 unspecified atom stereocenters. The van der Waals surface area contributed by atoms with Gasteiger partial charge in [-0.15, -0.1) is 5.10 Å². The zero-order valence-electron chi connectivity index (χ0n) is 10.6. The van der Waals surface area contributed by atoms with Gasteiger partial charge in [0.15, 0.2) is 11.3 Å². The van der Waals surface area contributed by atoms with Gasteiger partial charge in [0.1, 0.15) is 5.69 Å². The molecule has 0 atom stereocenters. The highest BCUT2D eigenvalue weighted by atomic mass is 16.5. The molecule has 3 rings (SSSR count). The Morgan fingerprint density at radius 2 is 1.95 bits per heavy atom. The largest absolute Gasteiger partial charge is 0.480 e. The van der Waals surface area contributed by atoms with Gasteiger partial charge in [0.25, 0.3) is 0 Å². The zero-order valence-corrected chi connectivity index (χ0v) is 10.6. The van der Waals surface area contributed by atoms with Gasteiger partial charge in [-0.25, -0.2) is 14.3 Å². The van der Waals surface area contributed by atoms with Crippen LogP contribution in [0.5, 0.6) is 5.88 Å². The van der Waals surface area contributed by atoms with E-state index in [1.165, 1.54) is 11.6 Å². The van der Waals surface area contributed by atoms with Crippen molar-refractivity contribution in [2.24, 2.45) is 0 Å². The summed E-state index contributed by atoms with van der Waals surface area (Å²) in [7, 11) is 1.48. The second-order valence-electron chi connectivity index (χ2n) is 4.13. The second-order valence-corrected chi connectivity index (χ2v) is 4.13. The molecule has 2 heterocycles. The molecule has 100 valence electrons. The summed E-state index contributed by atoms with van der Waals surface area (Å²) < 4.78 is 6.30. The number of imidazole rings is 1. The number of carbonyl (C=O) groups is 1. The van der Waals surface area contributed by atoms with Crippen LogP contribution < -0.4 is 4.74 Å². The summed E-state index contributed by atoms with van der Waals surface area (Å²) in [5, 5.41) is 13.5. The first-order valence-corrected chi connectivity index (χ1v) is 5.93. The van der Waals surface area contributed by atoms with Gasteiger partial charge in [0.05, 0.1) is 7.11 Å².